The Morgan fingerprint density at radius 3 is 2.55 bits per heavy atom. The molecule has 6 heteroatoms. The van der Waals surface area contributed by atoms with E-state index >= 15 is 0 Å². The average Bonchev–Trinajstić information content (AvgIpc) is 2.82. The molecule has 0 bridgehead atoms. The van der Waals surface area contributed by atoms with Crippen LogP contribution >= 0.6 is 0 Å². The van der Waals surface area contributed by atoms with E-state index in [0.717, 1.165) is 5.56 Å². The maximum absolute atomic E-state index is 12.8. The van der Waals surface area contributed by atoms with Gasteiger partial charge < -0.3 is 5.32 Å². The molecule has 1 amide bonds. The summed E-state index contributed by atoms with van der Waals surface area (Å²) >= 11 is 0. The molecule has 1 N–H and O–H groups in total. The molecule has 4 nitrogen and oxygen atoms in total. The quantitative estimate of drug-likeness (QED) is 0.935. The Kier molecular flexibility index (Phi) is 4.12. The molecule has 106 valence electrons. The number of carbonyl (C=O) groups excluding carboxylic acids is 1. The monoisotopic (exact) mass is 279 g/mol. The fourth-order valence-corrected chi connectivity index (χ4v) is 1.94. The second-order valence-electron chi connectivity index (χ2n) is 4.51. The number of benzene rings is 1. The summed E-state index contributed by atoms with van der Waals surface area (Å²) in [5.74, 6) is -0.551. The van der Waals surface area contributed by atoms with Crippen LogP contribution in [0.15, 0.2) is 36.5 Å². The van der Waals surface area contributed by atoms with Gasteiger partial charge in [0.1, 0.15) is 5.69 Å². The minimum absolute atomic E-state index is 0.0923. The fourth-order valence-electron chi connectivity index (χ4n) is 1.94. The molecule has 0 saturated carbocycles. The lowest BCUT2D eigenvalue weighted by molar-refractivity contribution is 0.0925. The number of hydrogen-bond donors (Lipinski definition) is 1. The number of carbonyl (C=O) groups is 1. The van der Waals surface area contributed by atoms with Crippen LogP contribution in [-0.2, 0) is 7.05 Å². The second-order valence-corrected chi connectivity index (χ2v) is 4.51. The molecule has 2 aromatic rings. The third-order valence-corrected chi connectivity index (χ3v) is 2.96. The van der Waals surface area contributed by atoms with E-state index in [2.05, 4.69) is 10.4 Å². The van der Waals surface area contributed by atoms with Gasteiger partial charge in [-0.3, -0.25) is 9.48 Å². The molecule has 1 aromatic carbocycles. The zero-order valence-corrected chi connectivity index (χ0v) is 11.2. The van der Waals surface area contributed by atoms with Crippen LogP contribution in [0.25, 0.3) is 0 Å². The molecule has 2 rings (SSSR count). The Bertz CT molecular complexity index is 596. The van der Waals surface area contributed by atoms with E-state index in [9.17, 15) is 13.6 Å². The predicted molar refractivity (Wildman–Crippen MR) is 70.5 cm³/mol. The Morgan fingerprint density at radius 1 is 1.30 bits per heavy atom. The predicted octanol–water partition coefficient (Wildman–Crippen LogP) is 2.85. The van der Waals surface area contributed by atoms with Gasteiger partial charge in [-0.2, -0.15) is 5.10 Å². The van der Waals surface area contributed by atoms with E-state index in [1.54, 1.807) is 6.92 Å². The summed E-state index contributed by atoms with van der Waals surface area (Å²) in [6, 6.07) is 9.03. The first-order chi connectivity index (χ1) is 9.49. The zero-order valence-electron chi connectivity index (χ0n) is 11.2. The van der Waals surface area contributed by atoms with E-state index in [0.29, 0.717) is 0 Å². The van der Waals surface area contributed by atoms with Crippen LogP contribution in [0.1, 0.15) is 41.0 Å². The highest BCUT2D eigenvalue weighted by molar-refractivity contribution is 5.95. The molecule has 0 unspecified atom stereocenters. The number of alkyl halides is 2. The third-order valence-electron chi connectivity index (χ3n) is 2.96. The molecule has 0 aliphatic carbocycles. The third kappa shape index (κ3) is 3.01. The van der Waals surface area contributed by atoms with Crippen molar-refractivity contribution >= 4 is 5.91 Å². The summed E-state index contributed by atoms with van der Waals surface area (Å²) in [5, 5.41) is 6.31. The average molecular weight is 279 g/mol. The first-order valence-electron chi connectivity index (χ1n) is 6.16. The van der Waals surface area contributed by atoms with Gasteiger partial charge in [-0.05, 0) is 12.5 Å². The number of halogens is 2. The van der Waals surface area contributed by atoms with E-state index in [-0.39, 0.29) is 11.6 Å². The standard InChI is InChI=1S/C14H15F2N3O/c1-9(10-6-4-3-5-7-10)17-14(20)11-8-19(2)18-12(11)13(15)16/h3-9,13H,1-2H3,(H,17,20)/t9-/m0/s1. The van der Waals surface area contributed by atoms with Crippen LogP contribution in [0, 0.1) is 0 Å². The molecule has 0 fully saturated rings. The molecular formula is C14H15F2N3O. The van der Waals surface area contributed by atoms with Crippen LogP contribution in [0.2, 0.25) is 0 Å². The van der Waals surface area contributed by atoms with E-state index in [1.807, 2.05) is 30.3 Å². The molecule has 1 aromatic heterocycles. The van der Waals surface area contributed by atoms with Crippen molar-refractivity contribution in [2.24, 2.45) is 7.05 Å². The number of aromatic nitrogens is 2. The molecule has 0 aliphatic heterocycles. The number of aryl methyl sites for hydroxylation is 1. The minimum atomic E-state index is -2.77. The van der Waals surface area contributed by atoms with Gasteiger partial charge in [0.25, 0.3) is 12.3 Å². The number of hydrogen-bond acceptors (Lipinski definition) is 2. The smallest absolute Gasteiger partial charge is 0.282 e. The van der Waals surface area contributed by atoms with E-state index in [4.69, 9.17) is 0 Å². The molecule has 0 spiro atoms. The van der Waals surface area contributed by atoms with Crippen LogP contribution in [0.3, 0.4) is 0 Å². The molecular weight excluding hydrogens is 264 g/mol. The topological polar surface area (TPSA) is 46.9 Å². The Hall–Kier alpha value is -2.24. The zero-order chi connectivity index (χ0) is 14.7. The summed E-state index contributed by atoms with van der Waals surface area (Å²) in [6.07, 6.45) is -1.47. The summed E-state index contributed by atoms with van der Waals surface area (Å²) in [4.78, 5) is 12.1. The molecule has 20 heavy (non-hydrogen) atoms. The second kappa shape index (κ2) is 5.81. The summed E-state index contributed by atoms with van der Waals surface area (Å²) in [7, 11) is 1.50. The van der Waals surface area contributed by atoms with E-state index in [1.165, 1.54) is 17.9 Å². The molecule has 0 aliphatic rings. The Labute approximate surface area is 115 Å². The van der Waals surface area contributed by atoms with Gasteiger partial charge in [-0.15, -0.1) is 0 Å². The summed E-state index contributed by atoms with van der Waals surface area (Å²) < 4.78 is 26.8. The van der Waals surface area contributed by atoms with Crippen molar-refractivity contribution in [1.29, 1.82) is 0 Å². The van der Waals surface area contributed by atoms with Gasteiger partial charge in [0, 0.05) is 13.2 Å². The highest BCUT2D eigenvalue weighted by atomic mass is 19.3. The lowest BCUT2D eigenvalue weighted by Crippen LogP contribution is -2.27. The van der Waals surface area contributed by atoms with Gasteiger partial charge in [-0.25, -0.2) is 8.78 Å². The molecule has 0 saturated heterocycles. The molecule has 1 heterocycles. The van der Waals surface area contributed by atoms with Crippen LogP contribution < -0.4 is 5.32 Å². The van der Waals surface area contributed by atoms with Gasteiger partial charge in [0.05, 0.1) is 11.6 Å². The van der Waals surface area contributed by atoms with Gasteiger partial charge >= 0.3 is 0 Å². The lowest BCUT2D eigenvalue weighted by Gasteiger charge is -2.14. The highest BCUT2D eigenvalue weighted by Crippen LogP contribution is 2.21. The van der Waals surface area contributed by atoms with Crippen LogP contribution in [0.4, 0.5) is 8.78 Å². The SMILES string of the molecule is C[C@H](NC(=O)c1cn(C)nc1C(F)F)c1ccccc1. The minimum Gasteiger partial charge on any atom is -0.345 e. The van der Waals surface area contributed by atoms with Crippen molar-refractivity contribution in [3.8, 4) is 0 Å². The van der Waals surface area contributed by atoms with Gasteiger partial charge in [0.2, 0.25) is 0 Å². The summed E-state index contributed by atoms with van der Waals surface area (Å²) in [6.45, 7) is 1.80. The first-order valence-corrected chi connectivity index (χ1v) is 6.16. The Morgan fingerprint density at radius 2 is 1.95 bits per heavy atom. The Balaban J connectivity index is 2.16. The van der Waals surface area contributed by atoms with Crippen LogP contribution in [0.5, 0.6) is 0 Å². The molecule has 1 atom stereocenters. The maximum Gasteiger partial charge on any atom is 0.282 e. The van der Waals surface area contributed by atoms with E-state index < -0.39 is 18.0 Å². The van der Waals surface area contributed by atoms with Crippen LogP contribution in [-0.4, -0.2) is 15.7 Å². The van der Waals surface area contributed by atoms with Crippen molar-refractivity contribution in [3.05, 3.63) is 53.3 Å². The lowest BCUT2D eigenvalue weighted by atomic mass is 10.1. The van der Waals surface area contributed by atoms with Crippen molar-refractivity contribution in [2.75, 3.05) is 0 Å². The van der Waals surface area contributed by atoms with Crippen molar-refractivity contribution < 1.29 is 13.6 Å². The highest BCUT2D eigenvalue weighted by Gasteiger charge is 2.23. The fraction of sp³-hybridized carbons (Fsp3) is 0.286. The number of amides is 1. The summed E-state index contributed by atoms with van der Waals surface area (Å²) in [5.41, 5.74) is 0.318. The largest absolute Gasteiger partial charge is 0.345 e. The van der Waals surface area contributed by atoms with Gasteiger partial charge in [0.15, 0.2) is 0 Å². The normalized spacial score (nSPS) is 12.4. The molecule has 0 radical (unpaired) electrons. The van der Waals surface area contributed by atoms with Crippen molar-refractivity contribution in [2.45, 2.75) is 19.4 Å². The number of nitrogens with one attached hydrogen (secondary N) is 1. The number of nitrogens with zero attached hydrogens (tertiary/aromatic N) is 2. The van der Waals surface area contributed by atoms with Gasteiger partial charge in [-0.1, -0.05) is 30.3 Å². The van der Waals surface area contributed by atoms with Crippen molar-refractivity contribution in [1.82, 2.24) is 15.1 Å². The first kappa shape index (κ1) is 14.2. The number of rotatable bonds is 4. The van der Waals surface area contributed by atoms with Crippen molar-refractivity contribution in [3.63, 3.8) is 0 Å². The maximum atomic E-state index is 12.8.